The zero-order chi connectivity index (χ0) is 15.6. The topological polar surface area (TPSA) is 72.2 Å². The van der Waals surface area contributed by atoms with Crippen LogP contribution in [-0.2, 0) is 16.6 Å². The van der Waals surface area contributed by atoms with Crippen molar-refractivity contribution < 1.29 is 12.8 Å². The fourth-order valence-electron chi connectivity index (χ4n) is 1.95. The summed E-state index contributed by atoms with van der Waals surface area (Å²) in [7, 11) is -3.88. The summed E-state index contributed by atoms with van der Waals surface area (Å²) in [6.45, 7) is 1.91. The summed E-state index contributed by atoms with van der Waals surface area (Å²) in [5.74, 6) is -0.644. The lowest BCUT2D eigenvalue weighted by Gasteiger charge is -2.13. The van der Waals surface area contributed by atoms with Gasteiger partial charge in [-0.1, -0.05) is 28.1 Å². The van der Waals surface area contributed by atoms with Crippen molar-refractivity contribution in [2.45, 2.75) is 18.4 Å². The maximum absolute atomic E-state index is 13.7. The fourth-order valence-corrected chi connectivity index (χ4v) is 3.66. The lowest BCUT2D eigenvalue weighted by atomic mass is 10.1. The highest BCUT2D eigenvalue weighted by Crippen LogP contribution is 2.25. The summed E-state index contributed by atoms with van der Waals surface area (Å²) in [5, 5.41) is 0. The van der Waals surface area contributed by atoms with Crippen LogP contribution in [0.25, 0.3) is 0 Å². The summed E-state index contributed by atoms with van der Waals surface area (Å²) in [6.07, 6.45) is 0. The fraction of sp³-hybridized carbons (Fsp3) is 0.143. The maximum atomic E-state index is 13.7. The van der Waals surface area contributed by atoms with Crippen LogP contribution in [0, 0.1) is 12.7 Å². The van der Waals surface area contributed by atoms with Crippen LogP contribution in [-0.4, -0.2) is 8.42 Å². The first kappa shape index (κ1) is 15.9. The van der Waals surface area contributed by atoms with Crippen molar-refractivity contribution in [1.82, 2.24) is 0 Å². The minimum atomic E-state index is -3.88. The van der Waals surface area contributed by atoms with Gasteiger partial charge in [0.05, 0.1) is 10.6 Å². The first-order valence-electron chi connectivity index (χ1n) is 6.11. The molecule has 3 N–H and O–H groups in total. The van der Waals surface area contributed by atoms with E-state index in [0.29, 0.717) is 10.0 Å². The summed E-state index contributed by atoms with van der Waals surface area (Å²) in [5.41, 5.74) is 6.76. The molecule has 0 radical (unpaired) electrons. The van der Waals surface area contributed by atoms with Crippen molar-refractivity contribution in [2.75, 3.05) is 4.72 Å². The molecular weight excluding hydrogens is 359 g/mol. The largest absolute Gasteiger partial charge is 0.326 e. The minimum Gasteiger partial charge on any atom is -0.326 e. The summed E-state index contributed by atoms with van der Waals surface area (Å²) < 4.78 is 41.4. The Labute approximate surface area is 131 Å². The second-order valence-electron chi connectivity index (χ2n) is 4.47. The SMILES string of the molecule is Cc1c(CN)cccc1S(=O)(=O)Nc1cc(Br)ccc1F. The molecule has 0 spiro atoms. The first-order chi connectivity index (χ1) is 9.85. The van der Waals surface area contributed by atoms with E-state index in [9.17, 15) is 12.8 Å². The van der Waals surface area contributed by atoms with E-state index in [0.717, 1.165) is 5.56 Å². The molecule has 0 bridgehead atoms. The predicted octanol–water partition coefficient (Wildman–Crippen LogP) is 3.16. The van der Waals surface area contributed by atoms with Gasteiger partial charge in [-0.15, -0.1) is 0 Å². The van der Waals surface area contributed by atoms with Crippen molar-refractivity contribution in [2.24, 2.45) is 5.73 Å². The van der Waals surface area contributed by atoms with Crippen LogP contribution in [0.4, 0.5) is 10.1 Å². The van der Waals surface area contributed by atoms with Crippen molar-refractivity contribution in [3.05, 3.63) is 57.8 Å². The molecule has 112 valence electrons. The molecule has 0 aliphatic rings. The van der Waals surface area contributed by atoms with Crippen LogP contribution in [0.5, 0.6) is 0 Å². The molecule has 7 heteroatoms. The summed E-state index contributed by atoms with van der Waals surface area (Å²) in [4.78, 5) is 0.0878. The molecule has 0 amide bonds. The third kappa shape index (κ3) is 3.42. The Balaban J connectivity index is 2.46. The van der Waals surface area contributed by atoms with Gasteiger partial charge in [0.25, 0.3) is 10.0 Å². The average Bonchev–Trinajstić information content (AvgIpc) is 2.42. The quantitative estimate of drug-likeness (QED) is 0.865. The molecule has 2 aromatic carbocycles. The van der Waals surface area contributed by atoms with E-state index in [4.69, 9.17) is 5.73 Å². The van der Waals surface area contributed by atoms with Gasteiger partial charge < -0.3 is 5.73 Å². The highest BCUT2D eigenvalue weighted by Gasteiger charge is 2.19. The lowest BCUT2D eigenvalue weighted by Crippen LogP contribution is -2.16. The first-order valence-corrected chi connectivity index (χ1v) is 8.39. The molecule has 0 heterocycles. The van der Waals surface area contributed by atoms with Crippen LogP contribution in [0.15, 0.2) is 45.8 Å². The zero-order valence-electron chi connectivity index (χ0n) is 11.2. The number of nitrogens with two attached hydrogens (primary N) is 1. The van der Waals surface area contributed by atoms with E-state index < -0.39 is 15.8 Å². The summed E-state index contributed by atoms with van der Waals surface area (Å²) >= 11 is 3.18. The Bertz CT molecular complexity index is 779. The number of hydrogen-bond donors (Lipinski definition) is 2. The van der Waals surface area contributed by atoms with Crippen LogP contribution in [0.3, 0.4) is 0 Å². The van der Waals surface area contributed by atoms with E-state index in [2.05, 4.69) is 20.7 Å². The number of rotatable bonds is 4. The smallest absolute Gasteiger partial charge is 0.262 e. The molecule has 21 heavy (non-hydrogen) atoms. The Morgan fingerprint density at radius 1 is 1.29 bits per heavy atom. The van der Waals surface area contributed by atoms with Crippen molar-refractivity contribution >= 4 is 31.6 Å². The van der Waals surface area contributed by atoms with E-state index in [1.54, 1.807) is 19.1 Å². The van der Waals surface area contributed by atoms with Gasteiger partial charge in [0.1, 0.15) is 5.82 Å². The molecule has 0 saturated heterocycles. The molecule has 2 aromatic rings. The van der Waals surface area contributed by atoms with Crippen LogP contribution in [0.2, 0.25) is 0 Å². The average molecular weight is 373 g/mol. The molecule has 4 nitrogen and oxygen atoms in total. The van der Waals surface area contributed by atoms with Crippen molar-refractivity contribution in [3.8, 4) is 0 Å². The number of hydrogen-bond acceptors (Lipinski definition) is 3. The standard InChI is InChI=1S/C14H14BrFN2O2S/c1-9-10(8-17)3-2-4-14(9)21(19,20)18-13-7-11(15)5-6-12(13)16/h2-7,18H,8,17H2,1H3. The monoisotopic (exact) mass is 372 g/mol. The zero-order valence-corrected chi connectivity index (χ0v) is 13.6. The normalized spacial score (nSPS) is 11.4. The molecule has 0 aliphatic heterocycles. The summed E-state index contributed by atoms with van der Waals surface area (Å²) in [6, 6.07) is 8.88. The third-order valence-electron chi connectivity index (χ3n) is 3.08. The van der Waals surface area contributed by atoms with Gasteiger partial charge in [-0.3, -0.25) is 4.72 Å². The number of benzene rings is 2. The van der Waals surface area contributed by atoms with Crippen molar-refractivity contribution in [3.63, 3.8) is 0 Å². The van der Waals surface area contributed by atoms with Gasteiger partial charge in [0, 0.05) is 11.0 Å². The van der Waals surface area contributed by atoms with E-state index >= 15 is 0 Å². The van der Waals surface area contributed by atoms with Gasteiger partial charge in [0.15, 0.2) is 0 Å². The van der Waals surface area contributed by atoms with Crippen LogP contribution in [0.1, 0.15) is 11.1 Å². The molecule has 0 aromatic heterocycles. The Morgan fingerprint density at radius 2 is 2.00 bits per heavy atom. The van der Waals surface area contributed by atoms with Crippen molar-refractivity contribution in [1.29, 1.82) is 0 Å². The molecule has 0 saturated carbocycles. The third-order valence-corrected chi connectivity index (χ3v) is 5.08. The molecule has 2 rings (SSSR count). The van der Waals surface area contributed by atoms with Crippen LogP contribution < -0.4 is 10.5 Å². The predicted molar refractivity (Wildman–Crippen MR) is 84.0 cm³/mol. The highest BCUT2D eigenvalue weighted by atomic mass is 79.9. The minimum absolute atomic E-state index is 0.0878. The van der Waals surface area contributed by atoms with E-state index in [1.807, 2.05) is 0 Å². The molecule has 0 aliphatic carbocycles. The van der Waals surface area contributed by atoms with Gasteiger partial charge in [-0.25, -0.2) is 12.8 Å². The molecule has 0 fully saturated rings. The highest BCUT2D eigenvalue weighted by molar-refractivity contribution is 9.10. The molecule has 0 unspecified atom stereocenters. The second kappa shape index (κ2) is 6.13. The van der Waals surface area contributed by atoms with E-state index in [-0.39, 0.29) is 17.1 Å². The number of nitrogens with one attached hydrogen (secondary N) is 1. The Morgan fingerprint density at radius 3 is 2.67 bits per heavy atom. The van der Waals surface area contributed by atoms with Gasteiger partial charge >= 0.3 is 0 Å². The molecular formula is C14H14BrFN2O2S. The van der Waals surface area contributed by atoms with E-state index in [1.165, 1.54) is 24.3 Å². The number of anilines is 1. The van der Waals surface area contributed by atoms with Crippen LogP contribution >= 0.6 is 15.9 Å². The number of halogens is 2. The molecule has 0 atom stereocenters. The lowest BCUT2D eigenvalue weighted by molar-refractivity contribution is 0.597. The second-order valence-corrected chi connectivity index (χ2v) is 7.04. The Hall–Kier alpha value is -1.44. The van der Waals surface area contributed by atoms with Gasteiger partial charge in [-0.2, -0.15) is 0 Å². The number of sulfonamides is 1. The maximum Gasteiger partial charge on any atom is 0.262 e. The Kier molecular flexibility index (Phi) is 4.65. The van der Waals surface area contributed by atoms with Gasteiger partial charge in [0.2, 0.25) is 0 Å². The van der Waals surface area contributed by atoms with Gasteiger partial charge in [-0.05, 0) is 42.3 Å².